The molecule has 0 saturated heterocycles. The standard InChI is InChI=1S/C20H25N3O4/c1-13-19(26)17(14(11-24)9-21-13)10-22-23-18(25)12-27-16-7-5-15(6-8-16)20(2,3)4/h5-10,24,26H,11-12H2,1-4H3,(H,23,25)/b22-10+. The monoisotopic (exact) mass is 371 g/mol. The number of ether oxygens (including phenoxy) is 1. The molecule has 27 heavy (non-hydrogen) atoms. The van der Waals surface area contributed by atoms with Crippen LogP contribution in [0.4, 0.5) is 0 Å². The zero-order valence-electron chi connectivity index (χ0n) is 16.0. The van der Waals surface area contributed by atoms with Crippen molar-refractivity contribution in [1.82, 2.24) is 10.4 Å². The van der Waals surface area contributed by atoms with Gasteiger partial charge in [0, 0.05) is 17.3 Å². The van der Waals surface area contributed by atoms with E-state index in [9.17, 15) is 15.0 Å². The van der Waals surface area contributed by atoms with Gasteiger partial charge in [0.1, 0.15) is 11.5 Å². The van der Waals surface area contributed by atoms with Crippen molar-refractivity contribution in [3.8, 4) is 11.5 Å². The summed E-state index contributed by atoms with van der Waals surface area (Å²) in [6.45, 7) is 7.51. The molecule has 0 aliphatic rings. The summed E-state index contributed by atoms with van der Waals surface area (Å²) in [5, 5.41) is 23.1. The van der Waals surface area contributed by atoms with Gasteiger partial charge < -0.3 is 14.9 Å². The highest BCUT2D eigenvalue weighted by molar-refractivity contribution is 5.87. The Labute approximate surface area is 158 Å². The lowest BCUT2D eigenvalue weighted by atomic mass is 9.87. The maximum Gasteiger partial charge on any atom is 0.277 e. The van der Waals surface area contributed by atoms with E-state index < -0.39 is 5.91 Å². The molecule has 0 unspecified atom stereocenters. The number of hydrogen-bond donors (Lipinski definition) is 3. The van der Waals surface area contributed by atoms with Gasteiger partial charge in [0.25, 0.3) is 5.91 Å². The van der Waals surface area contributed by atoms with Crippen molar-refractivity contribution < 1.29 is 19.7 Å². The van der Waals surface area contributed by atoms with Crippen LogP contribution in [0.5, 0.6) is 11.5 Å². The van der Waals surface area contributed by atoms with Gasteiger partial charge in [-0.15, -0.1) is 0 Å². The molecule has 3 N–H and O–H groups in total. The predicted molar refractivity (Wildman–Crippen MR) is 103 cm³/mol. The zero-order valence-corrected chi connectivity index (χ0v) is 16.0. The van der Waals surface area contributed by atoms with Gasteiger partial charge in [-0.25, -0.2) is 5.43 Å². The molecule has 1 aromatic carbocycles. The van der Waals surface area contributed by atoms with Gasteiger partial charge >= 0.3 is 0 Å². The molecule has 7 heteroatoms. The summed E-state index contributed by atoms with van der Waals surface area (Å²) in [6.07, 6.45) is 2.72. The number of amides is 1. The molecule has 0 aliphatic heterocycles. The molecule has 0 radical (unpaired) electrons. The first kappa shape index (κ1) is 20.4. The van der Waals surface area contributed by atoms with Gasteiger partial charge in [0.15, 0.2) is 6.61 Å². The minimum atomic E-state index is -0.443. The third kappa shape index (κ3) is 5.52. The fourth-order valence-electron chi connectivity index (χ4n) is 2.32. The third-order valence-corrected chi connectivity index (χ3v) is 4.00. The van der Waals surface area contributed by atoms with E-state index in [1.807, 2.05) is 24.3 Å². The molecular formula is C20H25N3O4. The fraction of sp³-hybridized carbons (Fsp3) is 0.350. The second-order valence-electron chi connectivity index (χ2n) is 7.15. The van der Waals surface area contributed by atoms with E-state index in [1.165, 1.54) is 18.0 Å². The molecule has 0 fully saturated rings. The van der Waals surface area contributed by atoms with E-state index in [0.29, 0.717) is 22.6 Å². The number of hydrogen-bond acceptors (Lipinski definition) is 6. The smallest absolute Gasteiger partial charge is 0.277 e. The number of carbonyl (C=O) groups excluding carboxylic acids is 1. The molecule has 2 rings (SSSR count). The van der Waals surface area contributed by atoms with Crippen LogP contribution in [0.25, 0.3) is 0 Å². The predicted octanol–water partition coefficient (Wildman–Crippen LogP) is 2.41. The lowest BCUT2D eigenvalue weighted by Gasteiger charge is -2.19. The topological polar surface area (TPSA) is 104 Å². The first-order valence-corrected chi connectivity index (χ1v) is 8.56. The number of aromatic nitrogens is 1. The quantitative estimate of drug-likeness (QED) is 0.534. The summed E-state index contributed by atoms with van der Waals surface area (Å²) >= 11 is 0. The summed E-state index contributed by atoms with van der Waals surface area (Å²) < 4.78 is 5.44. The third-order valence-electron chi connectivity index (χ3n) is 4.00. The summed E-state index contributed by atoms with van der Waals surface area (Å²) in [5.74, 6) is 0.0591. The maximum absolute atomic E-state index is 11.9. The Morgan fingerprint density at radius 2 is 1.96 bits per heavy atom. The summed E-state index contributed by atoms with van der Waals surface area (Å²) in [4.78, 5) is 15.8. The Balaban J connectivity index is 1.92. The fourth-order valence-corrected chi connectivity index (χ4v) is 2.32. The maximum atomic E-state index is 11.9. The molecule has 0 spiro atoms. The first-order valence-electron chi connectivity index (χ1n) is 8.56. The van der Waals surface area contributed by atoms with Crippen molar-refractivity contribution in [3.05, 3.63) is 52.8 Å². The Hall–Kier alpha value is -2.93. The van der Waals surface area contributed by atoms with Gasteiger partial charge in [-0.3, -0.25) is 9.78 Å². The van der Waals surface area contributed by atoms with E-state index >= 15 is 0 Å². The number of hydrazone groups is 1. The number of carbonyl (C=O) groups is 1. The molecule has 0 bridgehead atoms. The number of aliphatic hydroxyl groups is 1. The number of nitrogens with one attached hydrogen (secondary N) is 1. The van der Waals surface area contributed by atoms with Crippen molar-refractivity contribution in [2.45, 2.75) is 39.7 Å². The SMILES string of the molecule is Cc1ncc(CO)c(/C=N/NC(=O)COc2ccc(C(C)(C)C)cc2)c1O. The van der Waals surface area contributed by atoms with Gasteiger partial charge in [0.05, 0.1) is 18.5 Å². The molecule has 1 aromatic heterocycles. The Bertz CT molecular complexity index is 824. The molecule has 7 nitrogen and oxygen atoms in total. The highest BCUT2D eigenvalue weighted by atomic mass is 16.5. The van der Waals surface area contributed by atoms with E-state index in [2.05, 4.69) is 36.3 Å². The van der Waals surface area contributed by atoms with Gasteiger partial charge in [0.2, 0.25) is 0 Å². The second-order valence-corrected chi connectivity index (χ2v) is 7.15. The van der Waals surface area contributed by atoms with Crippen molar-refractivity contribution in [2.75, 3.05) is 6.61 Å². The Morgan fingerprint density at radius 1 is 1.30 bits per heavy atom. The second kappa shape index (κ2) is 8.64. The Morgan fingerprint density at radius 3 is 2.56 bits per heavy atom. The summed E-state index contributed by atoms with van der Waals surface area (Å²) in [6, 6.07) is 7.58. The number of nitrogens with zero attached hydrogens (tertiary/aromatic N) is 2. The summed E-state index contributed by atoms with van der Waals surface area (Å²) in [5.41, 5.74) is 4.68. The average molecular weight is 371 g/mol. The molecule has 2 aromatic rings. The van der Waals surface area contributed by atoms with Gasteiger partial charge in [-0.05, 0) is 30.0 Å². The van der Waals surface area contributed by atoms with Crippen LogP contribution in [0.3, 0.4) is 0 Å². The van der Waals surface area contributed by atoms with Gasteiger partial charge in [-0.1, -0.05) is 32.9 Å². The molecule has 0 saturated carbocycles. The molecule has 1 amide bonds. The van der Waals surface area contributed by atoms with Crippen LogP contribution in [-0.4, -0.2) is 33.9 Å². The number of aryl methyl sites for hydroxylation is 1. The van der Waals surface area contributed by atoms with Crippen LogP contribution in [0, 0.1) is 6.92 Å². The van der Waals surface area contributed by atoms with Gasteiger partial charge in [-0.2, -0.15) is 5.10 Å². The highest BCUT2D eigenvalue weighted by Crippen LogP contribution is 2.24. The van der Waals surface area contributed by atoms with E-state index in [-0.39, 0.29) is 24.4 Å². The zero-order chi connectivity index (χ0) is 20.0. The van der Waals surface area contributed by atoms with E-state index in [4.69, 9.17) is 4.74 Å². The normalized spacial score (nSPS) is 11.6. The highest BCUT2D eigenvalue weighted by Gasteiger charge is 2.13. The van der Waals surface area contributed by atoms with E-state index in [1.54, 1.807) is 6.92 Å². The lowest BCUT2D eigenvalue weighted by molar-refractivity contribution is -0.123. The molecule has 1 heterocycles. The number of pyridine rings is 1. The minimum Gasteiger partial charge on any atom is -0.505 e. The van der Waals surface area contributed by atoms with Crippen LogP contribution in [0.15, 0.2) is 35.6 Å². The summed E-state index contributed by atoms with van der Waals surface area (Å²) in [7, 11) is 0. The van der Waals surface area contributed by atoms with Crippen LogP contribution >= 0.6 is 0 Å². The minimum absolute atomic E-state index is 0.0505. The molecule has 144 valence electrons. The van der Waals surface area contributed by atoms with Crippen LogP contribution in [-0.2, 0) is 16.8 Å². The Kier molecular flexibility index (Phi) is 6.52. The van der Waals surface area contributed by atoms with Crippen molar-refractivity contribution >= 4 is 12.1 Å². The largest absolute Gasteiger partial charge is 0.505 e. The lowest BCUT2D eigenvalue weighted by Crippen LogP contribution is -2.24. The van der Waals surface area contributed by atoms with Crippen molar-refractivity contribution in [1.29, 1.82) is 0 Å². The number of benzene rings is 1. The average Bonchev–Trinajstić information content (AvgIpc) is 2.63. The number of rotatable bonds is 6. The number of aromatic hydroxyl groups is 1. The van der Waals surface area contributed by atoms with Crippen LogP contribution in [0.1, 0.15) is 43.2 Å². The van der Waals surface area contributed by atoms with Crippen molar-refractivity contribution in [2.24, 2.45) is 5.10 Å². The molecule has 0 aliphatic carbocycles. The van der Waals surface area contributed by atoms with Crippen LogP contribution in [0.2, 0.25) is 0 Å². The van der Waals surface area contributed by atoms with Crippen LogP contribution < -0.4 is 10.2 Å². The van der Waals surface area contributed by atoms with Crippen molar-refractivity contribution in [3.63, 3.8) is 0 Å². The number of aliphatic hydroxyl groups excluding tert-OH is 1. The first-order chi connectivity index (χ1) is 12.7. The molecular weight excluding hydrogens is 346 g/mol. The van der Waals surface area contributed by atoms with E-state index in [0.717, 1.165) is 0 Å². The molecule has 0 atom stereocenters.